The molecular formula is C20H24N2O5S. The summed E-state index contributed by atoms with van der Waals surface area (Å²) in [5, 5.41) is -1.00. The largest absolute Gasteiger partial charge is 0.469 e. The molecule has 1 amide bonds. The third-order valence-corrected chi connectivity index (χ3v) is 9.56. The summed E-state index contributed by atoms with van der Waals surface area (Å²) >= 11 is 0. The molecule has 150 valence electrons. The number of benzene rings is 1. The van der Waals surface area contributed by atoms with Gasteiger partial charge in [0.25, 0.3) is 0 Å². The Morgan fingerprint density at radius 2 is 1.82 bits per heavy atom. The van der Waals surface area contributed by atoms with E-state index in [1.165, 1.54) is 7.11 Å². The summed E-state index contributed by atoms with van der Waals surface area (Å²) in [5.74, 6) is -1.68. The summed E-state index contributed by atoms with van der Waals surface area (Å²) in [7, 11) is -2.59. The summed E-state index contributed by atoms with van der Waals surface area (Å²) in [4.78, 5) is 30.3. The molecule has 4 aliphatic heterocycles. The molecule has 4 atom stereocenters. The van der Waals surface area contributed by atoms with Crippen molar-refractivity contribution in [3.8, 4) is 0 Å². The molecule has 5 rings (SSSR count). The quantitative estimate of drug-likeness (QED) is 0.702. The fourth-order valence-electron chi connectivity index (χ4n) is 6.39. The highest BCUT2D eigenvalue weighted by Crippen LogP contribution is 2.64. The van der Waals surface area contributed by atoms with Crippen LogP contribution in [-0.4, -0.2) is 66.7 Å². The Morgan fingerprint density at radius 1 is 1.14 bits per heavy atom. The summed E-state index contributed by atoms with van der Waals surface area (Å²) in [5.41, 5.74) is -1.04. The van der Waals surface area contributed by atoms with E-state index in [4.69, 9.17) is 4.74 Å². The van der Waals surface area contributed by atoms with Crippen molar-refractivity contribution in [3.05, 3.63) is 29.8 Å². The third-order valence-electron chi connectivity index (χ3n) is 7.31. The molecule has 0 saturated carbocycles. The van der Waals surface area contributed by atoms with Crippen LogP contribution in [-0.2, 0) is 24.2 Å². The van der Waals surface area contributed by atoms with Gasteiger partial charge in [0, 0.05) is 13.1 Å². The first-order valence-electron chi connectivity index (χ1n) is 9.80. The fraction of sp³-hybridized carbons (Fsp3) is 0.600. The molecule has 1 aromatic rings. The molecule has 4 saturated heterocycles. The molecule has 8 heteroatoms. The number of rotatable bonds is 3. The molecule has 2 unspecified atom stereocenters. The second-order valence-corrected chi connectivity index (χ2v) is 10.5. The van der Waals surface area contributed by atoms with Gasteiger partial charge in [0.2, 0.25) is 5.91 Å². The Kier molecular flexibility index (Phi) is 3.60. The number of ether oxygens (including phenoxy) is 1. The van der Waals surface area contributed by atoms with Gasteiger partial charge in [0.15, 0.2) is 9.84 Å². The first-order valence-corrected chi connectivity index (χ1v) is 11.3. The van der Waals surface area contributed by atoms with Gasteiger partial charge in [0.05, 0.1) is 12.0 Å². The van der Waals surface area contributed by atoms with Crippen LogP contribution in [0.3, 0.4) is 0 Å². The van der Waals surface area contributed by atoms with E-state index in [2.05, 4.69) is 0 Å². The number of hydrogen-bond acceptors (Lipinski definition) is 6. The number of sulfone groups is 1. The number of esters is 1. The van der Waals surface area contributed by atoms with Crippen molar-refractivity contribution in [3.63, 3.8) is 0 Å². The zero-order valence-corrected chi connectivity index (χ0v) is 16.9. The number of carbonyl (C=O) groups is 2. The summed E-state index contributed by atoms with van der Waals surface area (Å²) in [6, 6.07) is 6.74. The Morgan fingerprint density at radius 3 is 2.50 bits per heavy atom. The van der Waals surface area contributed by atoms with Crippen molar-refractivity contribution in [1.82, 2.24) is 9.80 Å². The third kappa shape index (κ3) is 1.81. The highest BCUT2D eigenvalue weighted by Gasteiger charge is 2.84. The molecule has 4 aliphatic rings. The van der Waals surface area contributed by atoms with E-state index in [0.717, 1.165) is 18.4 Å². The van der Waals surface area contributed by atoms with Gasteiger partial charge >= 0.3 is 5.97 Å². The van der Waals surface area contributed by atoms with Gasteiger partial charge in [-0.3, -0.25) is 14.5 Å². The van der Waals surface area contributed by atoms with Crippen molar-refractivity contribution >= 4 is 21.7 Å². The van der Waals surface area contributed by atoms with E-state index in [1.54, 1.807) is 29.2 Å². The van der Waals surface area contributed by atoms with Gasteiger partial charge in [0.1, 0.15) is 22.4 Å². The van der Waals surface area contributed by atoms with Crippen LogP contribution in [0.25, 0.3) is 0 Å². The van der Waals surface area contributed by atoms with Crippen LogP contribution >= 0.6 is 0 Å². The van der Waals surface area contributed by atoms with Gasteiger partial charge in [-0.05, 0) is 44.7 Å². The first kappa shape index (κ1) is 18.1. The van der Waals surface area contributed by atoms with Crippen LogP contribution in [0, 0.1) is 12.8 Å². The Balaban J connectivity index is 1.75. The highest BCUT2D eigenvalue weighted by molar-refractivity contribution is 7.92. The molecule has 0 N–H and O–H groups in total. The van der Waals surface area contributed by atoms with Crippen LogP contribution in [0.1, 0.15) is 31.2 Å². The molecular weight excluding hydrogens is 380 g/mol. The number of methoxy groups -OCH3 is 1. The summed E-state index contributed by atoms with van der Waals surface area (Å²) < 4.78 is 32.8. The van der Waals surface area contributed by atoms with Gasteiger partial charge in [-0.15, -0.1) is 0 Å². The van der Waals surface area contributed by atoms with E-state index in [9.17, 15) is 18.0 Å². The summed E-state index contributed by atoms with van der Waals surface area (Å²) in [6.07, 6.45) is 2.60. The topological polar surface area (TPSA) is 84.0 Å². The first-order chi connectivity index (χ1) is 13.3. The van der Waals surface area contributed by atoms with E-state index in [0.29, 0.717) is 25.9 Å². The predicted molar refractivity (Wildman–Crippen MR) is 100 cm³/mol. The molecule has 1 aromatic carbocycles. The smallest absolute Gasteiger partial charge is 0.312 e. The molecule has 0 aliphatic carbocycles. The highest BCUT2D eigenvalue weighted by atomic mass is 32.2. The normalized spacial score (nSPS) is 36.6. The van der Waals surface area contributed by atoms with Crippen LogP contribution in [0.15, 0.2) is 29.2 Å². The lowest BCUT2D eigenvalue weighted by molar-refractivity contribution is -0.155. The number of aryl methyl sites for hydroxylation is 1. The maximum absolute atomic E-state index is 13.9. The maximum Gasteiger partial charge on any atom is 0.312 e. The standard InChI is InChI=1S/C20H24N2O5S/c1-13-5-7-14(8-6-13)28(25,26)16-15(17(23)27-2)19-9-3-12-22(19)20(16)10-4-11-21(20)18(19)24/h5-8,15-16H,3-4,9-12H2,1-2H3/t15-,16-,19?,20?/m1/s1. The molecule has 2 bridgehead atoms. The van der Waals surface area contributed by atoms with Crippen LogP contribution < -0.4 is 0 Å². The lowest BCUT2D eigenvalue weighted by atomic mass is 9.78. The monoisotopic (exact) mass is 404 g/mol. The van der Waals surface area contributed by atoms with E-state index >= 15 is 0 Å². The SMILES string of the molecule is COC(=O)[C@H]1[C@@H](S(=O)(=O)c2ccc(C)cc2)C23CCCN2C(=O)C12CCCN23. The lowest BCUT2D eigenvalue weighted by Gasteiger charge is -2.43. The van der Waals surface area contributed by atoms with Crippen LogP contribution in [0.2, 0.25) is 0 Å². The Hall–Kier alpha value is -1.93. The van der Waals surface area contributed by atoms with Gasteiger partial charge in [-0.2, -0.15) is 0 Å². The van der Waals surface area contributed by atoms with E-state index in [1.807, 2.05) is 11.8 Å². The van der Waals surface area contributed by atoms with Gasteiger partial charge in [-0.1, -0.05) is 17.7 Å². The van der Waals surface area contributed by atoms with Crippen LogP contribution in [0.5, 0.6) is 0 Å². The summed E-state index contributed by atoms with van der Waals surface area (Å²) in [6.45, 7) is 3.08. The molecule has 4 fully saturated rings. The molecule has 0 radical (unpaired) electrons. The van der Waals surface area contributed by atoms with Crippen molar-refractivity contribution < 1.29 is 22.7 Å². The zero-order chi connectivity index (χ0) is 19.9. The van der Waals surface area contributed by atoms with E-state index < -0.39 is 38.2 Å². The Labute approximate surface area is 164 Å². The maximum atomic E-state index is 13.9. The number of carbonyl (C=O) groups excluding carboxylic acids is 2. The number of hydrogen-bond donors (Lipinski definition) is 0. The van der Waals surface area contributed by atoms with Crippen molar-refractivity contribution in [2.75, 3.05) is 20.2 Å². The second-order valence-electron chi connectivity index (χ2n) is 8.40. The molecule has 1 spiro atoms. The zero-order valence-electron chi connectivity index (χ0n) is 16.1. The molecule has 7 nitrogen and oxygen atoms in total. The number of piperidine rings is 1. The molecule has 4 heterocycles. The second kappa shape index (κ2) is 5.57. The molecule has 28 heavy (non-hydrogen) atoms. The van der Waals surface area contributed by atoms with Gasteiger partial charge in [-0.25, -0.2) is 8.42 Å². The average molecular weight is 404 g/mol. The Bertz CT molecular complexity index is 975. The fourth-order valence-corrected chi connectivity index (χ4v) is 8.76. The van der Waals surface area contributed by atoms with Crippen molar-refractivity contribution in [2.45, 2.75) is 54.0 Å². The van der Waals surface area contributed by atoms with E-state index in [-0.39, 0.29) is 10.8 Å². The van der Waals surface area contributed by atoms with Crippen molar-refractivity contribution in [2.24, 2.45) is 5.92 Å². The minimum Gasteiger partial charge on any atom is -0.469 e. The van der Waals surface area contributed by atoms with Crippen molar-refractivity contribution in [1.29, 1.82) is 0 Å². The van der Waals surface area contributed by atoms with Gasteiger partial charge < -0.3 is 9.64 Å². The number of nitrogens with zero attached hydrogens (tertiary/aromatic N) is 2. The lowest BCUT2D eigenvalue weighted by Crippen LogP contribution is -2.64. The predicted octanol–water partition coefficient (Wildman–Crippen LogP) is 1.11. The molecule has 0 aromatic heterocycles. The average Bonchev–Trinajstić information content (AvgIpc) is 3.38. The number of amides is 1. The van der Waals surface area contributed by atoms with Crippen LogP contribution in [0.4, 0.5) is 0 Å². The minimum absolute atomic E-state index is 0.0896. The minimum atomic E-state index is -3.86.